The summed E-state index contributed by atoms with van der Waals surface area (Å²) >= 11 is 5.96. The van der Waals surface area contributed by atoms with Crippen LogP contribution in [0.5, 0.6) is 0 Å². The van der Waals surface area contributed by atoms with Gasteiger partial charge in [-0.1, -0.05) is 30.2 Å². The molecule has 1 unspecified atom stereocenters. The van der Waals surface area contributed by atoms with Gasteiger partial charge in [-0.15, -0.1) is 0 Å². The van der Waals surface area contributed by atoms with E-state index in [9.17, 15) is 4.79 Å². The third kappa shape index (κ3) is 2.95. The third-order valence-corrected chi connectivity index (χ3v) is 5.32. The number of hydrogen-bond acceptors (Lipinski definition) is 2. The summed E-state index contributed by atoms with van der Waals surface area (Å²) in [5.74, 6) is 0.840. The van der Waals surface area contributed by atoms with Crippen molar-refractivity contribution in [3.63, 3.8) is 0 Å². The molecule has 1 amide bonds. The first-order valence-electron chi connectivity index (χ1n) is 7.96. The Morgan fingerprint density at radius 1 is 1.19 bits per heavy atom. The van der Waals surface area contributed by atoms with Crippen molar-refractivity contribution in [1.29, 1.82) is 0 Å². The van der Waals surface area contributed by atoms with Crippen LogP contribution in [0.15, 0.2) is 24.3 Å². The normalized spacial score (nSPS) is 29.0. The van der Waals surface area contributed by atoms with Crippen molar-refractivity contribution >= 4 is 17.5 Å². The minimum absolute atomic E-state index is 0.142. The molecule has 1 heterocycles. The highest BCUT2D eigenvalue weighted by Crippen LogP contribution is 2.38. The van der Waals surface area contributed by atoms with Crippen molar-refractivity contribution in [3.8, 4) is 0 Å². The van der Waals surface area contributed by atoms with Gasteiger partial charge in [0.25, 0.3) is 0 Å². The summed E-state index contributed by atoms with van der Waals surface area (Å²) < 4.78 is 0. The molecule has 0 radical (unpaired) electrons. The van der Waals surface area contributed by atoms with E-state index in [-0.39, 0.29) is 12.0 Å². The molecule has 3 rings (SSSR count). The fraction of sp³-hybridized carbons (Fsp3) is 0.588. The number of likely N-dealkylation sites (tertiary alicyclic amines) is 1. The molecule has 114 valence electrons. The van der Waals surface area contributed by atoms with Crippen LogP contribution in [0.4, 0.5) is 0 Å². The maximum Gasteiger partial charge on any atom is 0.226 e. The Labute approximate surface area is 131 Å². The highest BCUT2D eigenvalue weighted by atomic mass is 35.5. The number of rotatable bonds is 3. The van der Waals surface area contributed by atoms with E-state index < -0.39 is 0 Å². The lowest BCUT2D eigenvalue weighted by Crippen LogP contribution is -2.38. The molecule has 0 spiro atoms. The van der Waals surface area contributed by atoms with Gasteiger partial charge in [-0.2, -0.15) is 0 Å². The van der Waals surface area contributed by atoms with E-state index in [0.29, 0.717) is 18.4 Å². The topological polar surface area (TPSA) is 46.3 Å². The summed E-state index contributed by atoms with van der Waals surface area (Å²) in [6, 6.07) is 8.14. The van der Waals surface area contributed by atoms with E-state index in [4.69, 9.17) is 17.3 Å². The Morgan fingerprint density at radius 2 is 1.95 bits per heavy atom. The molecule has 3 nitrogen and oxygen atoms in total. The van der Waals surface area contributed by atoms with E-state index in [1.54, 1.807) is 0 Å². The predicted molar refractivity (Wildman–Crippen MR) is 85.0 cm³/mol. The lowest BCUT2D eigenvalue weighted by atomic mass is 9.94. The maximum atomic E-state index is 12.9. The fourth-order valence-electron chi connectivity index (χ4n) is 3.92. The number of halogens is 1. The van der Waals surface area contributed by atoms with Crippen molar-refractivity contribution in [2.45, 2.75) is 38.1 Å². The summed E-state index contributed by atoms with van der Waals surface area (Å²) in [6.45, 7) is 1.51. The Hall–Kier alpha value is -1.06. The quantitative estimate of drug-likeness (QED) is 0.930. The molecule has 2 N–H and O–H groups in total. The average Bonchev–Trinajstić information content (AvgIpc) is 3.16. The second kappa shape index (κ2) is 6.37. The Kier molecular flexibility index (Phi) is 4.51. The fourth-order valence-corrected chi connectivity index (χ4v) is 4.05. The zero-order valence-electron chi connectivity index (χ0n) is 12.3. The van der Waals surface area contributed by atoms with E-state index in [2.05, 4.69) is 4.90 Å². The highest BCUT2D eigenvalue weighted by Gasteiger charge is 2.38. The first kappa shape index (κ1) is 14.9. The van der Waals surface area contributed by atoms with Crippen LogP contribution in [0.2, 0.25) is 5.02 Å². The Morgan fingerprint density at radius 3 is 2.67 bits per heavy atom. The van der Waals surface area contributed by atoms with Gasteiger partial charge in [0.15, 0.2) is 0 Å². The molecule has 0 aromatic heterocycles. The highest BCUT2D eigenvalue weighted by molar-refractivity contribution is 6.30. The van der Waals surface area contributed by atoms with Crippen molar-refractivity contribution in [2.75, 3.05) is 13.1 Å². The third-order valence-electron chi connectivity index (χ3n) is 5.07. The number of carbonyl (C=O) groups excluding carboxylic acids is 1. The average molecular weight is 307 g/mol. The van der Waals surface area contributed by atoms with Gasteiger partial charge in [-0.3, -0.25) is 4.79 Å². The van der Waals surface area contributed by atoms with E-state index in [1.165, 1.54) is 5.56 Å². The van der Waals surface area contributed by atoms with Crippen LogP contribution < -0.4 is 5.73 Å². The molecule has 3 atom stereocenters. The van der Waals surface area contributed by atoms with Gasteiger partial charge in [-0.25, -0.2) is 0 Å². The Balaban J connectivity index is 1.77. The van der Waals surface area contributed by atoms with Crippen LogP contribution in [0.3, 0.4) is 0 Å². The summed E-state index contributed by atoms with van der Waals surface area (Å²) in [4.78, 5) is 15.0. The minimum Gasteiger partial charge on any atom is -0.335 e. The smallest absolute Gasteiger partial charge is 0.226 e. The number of benzene rings is 1. The van der Waals surface area contributed by atoms with E-state index in [0.717, 1.165) is 43.7 Å². The van der Waals surface area contributed by atoms with Gasteiger partial charge in [-0.05, 0) is 55.8 Å². The molecule has 1 aromatic rings. The number of amides is 1. The second-order valence-corrected chi connectivity index (χ2v) is 6.71. The number of nitrogens with zero attached hydrogens (tertiary/aromatic N) is 1. The number of nitrogens with two attached hydrogens (primary N) is 1. The monoisotopic (exact) mass is 306 g/mol. The largest absolute Gasteiger partial charge is 0.335 e. The molecule has 1 saturated heterocycles. The second-order valence-electron chi connectivity index (χ2n) is 6.27. The Bertz CT molecular complexity index is 502. The van der Waals surface area contributed by atoms with Gasteiger partial charge in [0, 0.05) is 17.5 Å². The molecular formula is C17H23ClN2O. The lowest BCUT2D eigenvalue weighted by molar-refractivity contribution is -0.137. The van der Waals surface area contributed by atoms with Crippen LogP contribution in [0.1, 0.15) is 43.7 Å². The van der Waals surface area contributed by atoms with Gasteiger partial charge in [0.1, 0.15) is 0 Å². The molecule has 4 heteroatoms. The molecule has 1 aromatic carbocycles. The first-order valence-corrected chi connectivity index (χ1v) is 8.34. The molecule has 2 aliphatic rings. The van der Waals surface area contributed by atoms with Crippen LogP contribution >= 0.6 is 11.6 Å². The number of carbonyl (C=O) groups is 1. The SMILES string of the molecule is NC[C@H]1CCC[C@H]1C(=O)N1CCCC1c1ccc(Cl)cc1. The summed E-state index contributed by atoms with van der Waals surface area (Å²) in [7, 11) is 0. The first-order chi connectivity index (χ1) is 10.2. The van der Waals surface area contributed by atoms with Gasteiger partial charge >= 0.3 is 0 Å². The van der Waals surface area contributed by atoms with Crippen LogP contribution in [-0.2, 0) is 4.79 Å². The van der Waals surface area contributed by atoms with Crippen molar-refractivity contribution < 1.29 is 4.79 Å². The molecule has 1 saturated carbocycles. The summed E-state index contributed by atoms with van der Waals surface area (Å²) in [5, 5.41) is 0.744. The molecule has 21 heavy (non-hydrogen) atoms. The lowest BCUT2D eigenvalue weighted by Gasteiger charge is -2.30. The van der Waals surface area contributed by atoms with Crippen molar-refractivity contribution in [1.82, 2.24) is 4.90 Å². The van der Waals surface area contributed by atoms with Crippen molar-refractivity contribution in [3.05, 3.63) is 34.9 Å². The molecular weight excluding hydrogens is 284 g/mol. The standard InChI is InChI=1S/C17H23ClN2O/c18-14-8-6-12(7-9-14)16-5-2-10-20(16)17(21)15-4-1-3-13(15)11-19/h6-9,13,15-16H,1-5,10-11,19H2/t13-,15-,16?/m1/s1. The van der Waals surface area contributed by atoms with Crippen LogP contribution in [0.25, 0.3) is 0 Å². The van der Waals surface area contributed by atoms with Crippen LogP contribution in [-0.4, -0.2) is 23.9 Å². The predicted octanol–water partition coefficient (Wildman–Crippen LogP) is 3.38. The van der Waals surface area contributed by atoms with Gasteiger partial charge < -0.3 is 10.6 Å². The summed E-state index contributed by atoms with van der Waals surface area (Å²) in [6.07, 6.45) is 5.38. The molecule has 2 fully saturated rings. The van der Waals surface area contributed by atoms with E-state index >= 15 is 0 Å². The molecule has 1 aliphatic heterocycles. The zero-order chi connectivity index (χ0) is 14.8. The minimum atomic E-state index is 0.142. The van der Waals surface area contributed by atoms with Crippen LogP contribution in [0, 0.1) is 11.8 Å². The number of hydrogen-bond donors (Lipinski definition) is 1. The van der Waals surface area contributed by atoms with Gasteiger partial charge in [0.05, 0.1) is 6.04 Å². The van der Waals surface area contributed by atoms with Crippen molar-refractivity contribution in [2.24, 2.45) is 17.6 Å². The van der Waals surface area contributed by atoms with Gasteiger partial charge in [0.2, 0.25) is 5.91 Å². The summed E-state index contributed by atoms with van der Waals surface area (Å²) in [5.41, 5.74) is 7.04. The van der Waals surface area contributed by atoms with E-state index in [1.807, 2.05) is 24.3 Å². The zero-order valence-corrected chi connectivity index (χ0v) is 13.1. The molecule has 0 bridgehead atoms. The molecule has 1 aliphatic carbocycles. The maximum absolute atomic E-state index is 12.9.